The minimum absolute atomic E-state index is 0.235. The molecule has 22 heavy (non-hydrogen) atoms. The monoisotopic (exact) mass is 321 g/mol. The zero-order chi connectivity index (χ0) is 16.0. The molecule has 0 aromatic heterocycles. The molecule has 1 atom stereocenters. The third-order valence-electron chi connectivity index (χ3n) is 2.97. The molecule has 0 spiro atoms. The van der Waals surface area contributed by atoms with Gasteiger partial charge in [0.25, 0.3) is 0 Å². The van der Waals surface area contributed by atoms with E-state index in [1.165, 1.54) is 0 Å². The van der Waals surface area contributed by atoms with Crippen LogP contribution < -0.4 is 14.2 Å². The molecule has 0 saturated carbocycles. The van der Waals surface area contributed by atoms with Gasteiger partial charge in [-0.15, -0.1) is 0 Å². The second-order valence-corrected chi connectivity index (χ2v) is 6.54. The zero-order valence-corrected chi connectivity index (χ0v) is 13.3. The average Bonchev–Trinajstić information content (AvgIpc) is 2.54. The van der Waals surface area contributed by atoms with Gasteiger partial charge < -0.3 is 9.47 Å². The first-order valence-electron chi connectivity index (χ1n) is 6.85. The van der Waals surface area contributed by atoms with E-state index in [-0.39, 0.29) is 17.5 Å². The van der Waals surface area contributed by atoms with Gasteiger partial charge >= 0.3 is 0 Å². The van der Waals surface area contributed by atoms with Crippen molar-refractivity contribution < 1.29 is 17.9 Å². The summed E-state index contributed by atoms with van der Waals surface area (Å²) in [6, 6.07) is 15.0. The van der Waals surface area contributed by atoms with Crippen LogP contribution in [0.25, 0.3) is 0 Å². The Hall–Kier alpha value is -2.05. The van der Waals surface area contributed by atoms with Crippen molar-refractivity contribution in [2.24, 2.45) is 0 Å². The summed E-state index contributed by atoms with van der Waals surface area (Å²) in [6.07, 6.45) is 0. The Morgan fingerprint density at radius 2 is 1.59 bits per heavy atom. The Labute approximate surface area is 130 Å². The van der Waals surface area contributed by atoms with Crippen LogP contribution in [0.3, 0.4) is 0 Å². The number of benzene rings is 2. The summed E-state index contributed by atoms with van der Waals surface area (Å²) in [7, 11) is -1.93. The molecule has 0 bridgehead atoms. The molecule has 0 radical (unpaired) electrons. The number of ether oxygens (including phenoxy) is 2. The van der Waals surface area contributed by atoms with E-state index in [2.05, 4.69) is 4.72 Å². The van der Waals surface area contributed by atoms with Crippen LogP contribution in [-0.2, 0) is 10.0 Å². The largest absolute Gasteiger partial charge is 0.497 e. The smallest absolute Gasteiger partial charge is 0.240 e. The molecule has 2 aromatic carbocycles. The van der Waals surface area contributed by atoms with E-state index in [9.17, 15) is 8.42 Å². The molecule has 118 valence electrons. The molecule has 0 aliphatic heterocycles. The summed E-state index contributed by atoms with van der Waals surface area (Å²) in [5.41, 5.74) is 0. The van der Waals surface area contributed by atoms with Gasteiger partial charge in [0.05, 0.1) is 18.0 Å². The van der Waals surface area contributed by atoms with Crippen molar-refractivity contribution in [3.63, 3.8) is 0 Å². The van der Waals surface area contributed by atoms with Crippen molar-refractivity contribution in [3.8, 4) is 11.5 Å². The molecule has 0 aliphatic carbocycles. The normalized spacial score (nSPS) is 12.6. The number of nitrogens with one attached hydrogen (secondary N) is 1. The molecular formula is C16H19NO4S. The first kappa shape index (κ1) is 16.3. The molecule has 0 heterocycles. The second kappa shape index (κ2) is 7.29. The lowest BCUT2D eigenvalue weighted by molar-refractivity contribution is 0.287. The number of sulfonamides is 1. The summed E-state index contributed by atoms with van der Waals surface area (Å²) in [6.45, 7) is 1.99. The van der Waals surface area contributed by atoms with Gasteiger partial charge in [0, 0.05) is 0 Å². The van der Waals surface area contributed by atoms with Gasteiger partial charge in [-0.05, 0) is 43.3 Å². The Morgan fingerprint density at radius 1 is 1.00 bits per heavy atom. The fraction of sp³-hybridized carbons (Fsp3) is 0.250. The Morgan fingerprint density at radius 3 is 2.18 bits per heavy atom. The summed E-state index contributed by atoms with van der Waals surface area (Å²) in [5.74, 6) is 1.40. The van der Waals surface area contributed by atoms with E-state index in [0.29, 0.717) is 5.75 Å². The molecule has 0 fully saturated rings. The predicted octanol–water partition coefficient (Wildman–Crippen LogP) is 2.44. The van der Waals surface area contributed by atoms with Gasteiger partial charge in [-0.25, -0.2) is 13.1 Å². The van der Waals surface area contributed by atoms with Crippen molar-refractivity contribution in [1.82, 2.24) is 4.72 Å². The highest BCUT2D eigenvalue weighted by atomic mass is 32.2. The second-order valence-electron chi connectivity index (χ2n) is 4.82. The average molecular weight is 321 g/mol. The maximum atomic E-state index is 12.2. The third-order valence-corrected chi connectivity index (χ3v) is 4.57. The molecule has 0 unspecified atom stereocenters. The maximum absolute atomic E-state index is 12.2. The number of methoxy groups -OCH3 is 1. The zero-order valence-electron chi connectivity index (χ0n) is 12.5. The highest BCUT2D eigenvalue weighted by Crippen LogP contribution is 2.17. The van der Waals surface area contributed by atoms with E-state index in [1.807, 2.05) is 0 Å². The van der Waals surface area contributed by atoms with Crippen LogP contribution in [0.15, 0.2) is 59.5 Å². The summed E-state index contributed by atoms with van der Waals surface area (Å²) < 4.78 is 37.5. The minimum atomic E-state index is -3.52. The van der Waals surface area contributed by atoms with Crippen LogP contribution in [-0.4, -0.2) is 28.2 Å². The number of hydrogen-bond donors (Lipinski definition) is 1. The topological polar surface area (TPSA) is 64.6 Å². The van der Waals surface area contributed by atoms with E-state index >= 15 is 0 Å². The Balaban J connectivity index is 1.91. The number of hydrogen-bond acceptors (Lipinski definition) is 4. The van der Waals surface area contributed by atoms with Crippen molar-refractivity contribution in [3.05, 3.63) is 54.6 Å². The summed E-state index contributed by atoms with van der Waals surface area (Å²) in [5, 5.41) is 0. The van der Waals surface area contributed by atoms with Gasteiger partial charge in [-0.2, -0.15) is 0 Å². The molecule has 0 amide bonds. The van der Waals surface area contributed by atoms with Crippen LogP contribution in [0.5, 0.6) is 11.5 Å². The lowest BCUT2D eigenvalue weighted by Gasteiger charge is -2.15. The van der Waals surface area contributed by atoms with Crippen LogP contribution in [0.1, 0.15) is 6.92 Å². The molecule has 0 aliphatic rings. The van der Waals surface area contributed by atoms with Gasteiger partial charge in [0.2, 0.25) is 10.0 Å². The van der Waals surface area contributed by atoms with Crippen LogP contribution >= 0.6 is 0 Å². The Bertz CT molecular complexity index is 684. The fourth-order valence-corrected chi connectivity index (χ4v) is 3.11. The van der Waals surface area contributed by atoms with Crippen LogP contribution in [0.2, 0.25) is 0 Å². The van der Waals surface area contributed by atoms with Gasteiger partial charge in [-0.3, -0.25) is 0 Å². The first-order chi connectivity index (χ1) is 10.5. The fourth-order valence-electron chi connectivity index (χ4n) is 1.86. The van der Waals surface area contributed by atoms with Crippen LogP contribution in [0, 0.1) is 0 Å². The highest BCUT2D eigenvalue weighted by Gasteiger charge is 2.17. The molecule has 5 nitrogen and oxygen atoms in total. The molecule has 6 heteroatoms. The van der Waals surface area contributed by atoms with E-state index < -0.39 is 10.0 Å². The molecular weight excluding hydrogens is 302 g/mol. The lowest BCUT2D eigenvalue weighted by atomic mass is 10.3. The summed E-state index contributed by atoms with van der Waals surface area (Å²) >= 11 is 0. The number of rotatable bonds is 7. The first-order valence-corrected chi connectivity index (χ1v) is 8.34. The van der Waals surface area contributed by atoms with E-state index in [1.54, 1.807) is 68.6 Å². The van der Waals surface area contributed by atoms with E-state index in [0.717, 1.165) is 5.75 Å². The van der Waals surface area contributed by atoms with Gasteiger partial charge in [0.15, 0.2) is 0 Å². The highest BCUT2D eigenvalue weighted by molar-refractivity contribution is 7.89. The minimum Gasteiger partial charge on any atom is -0.497 e. The quantitative estimate of drug-likeness (QED) is 0.851. The van der Waals surface area contributed by atoms with E-state index in [4.69, 9.17) is 9.47 Å². The molecule has 0 saturated heterocycles. The lowest BCUT2D eigenvalue weighted by Crippen LogP contribution is -2.36. The van der Waals surface area contributed by atoms with Crippen LogP contribution in [0.4, 0.5) is 0 Å². The van der Waals surface area contributed by atoms with Crippen molar-refractivity contribution in [1.29, 1.82) is 0 Å². The van der Waals surface area contributed by atoms with Crippen molar-refractivity contribution >= 4 is 10.0 Å². The van der Waals surface area contributed by atoms with Crippen molar-refractivity contribution in [2.45, 2.75) is 17.9 Å². The van der Waals surface area contributed by atoms with Crippen molar-refractivity contribution in [2.75, 3.05) is 13.7 Å². The maximum Gasteiger partial charge on any atom is 0.240 e. The molecule has 1 N–H and O–H groups in total. The SMILES string of the molecule is COc1ccc(OC[C@H](C)NS(=O)(=O)c2ccccc2)cc1. The van der Waals surface area contributed by atoms with Gasteiger partial charge in [0.1, 0.15) is 18.1 Å². The third kappa shape index (κ3) is 4.47. The van der Waals surface area contributed by atoms with Gasteiger partial charge in [-0.1, -0.05) is 18.2 Å². The molecule has 2 aromatic rings. The Kier molecular flexibility index (Phi) is 5.41. The standard InChI is InChI=1S/C16H19NO4S/c1-13(12-21-15-10-8-14(20-2)9-11-15)17-22(18,19)16-6-4-3-5-7-16/h3-11,13,17H,12H2,1-2H3/t13-/m0/s1. The predicted molar refractivity (Wildman–Crippen MR) is 84.7 cm³/mol. The summed E-state index contributed by atoms with van der Waals surface area (Å²) in [4.78, 5) is 0.242. The molecule has 2 rings (SSSR count).